The summed E-state index contributed by atoms with van der Waals surface area (Å²) in [6.45, 7) is 5.61. The number of hydrogen-bond donors (Lipinski definition) is 1. The fourth-order valence-corrected chi connectivity index (χ4v) is 3.51. The van der Waals surface area contributed by atoms with E-state index in [1.165, 1.54) is 19.0 Å². The van der Waals surface area contributed by atoms with Crippen molar-refractivity contribution in [1.82, 2.24) is 14.9 Å². The van der Waals surface area contributed by atoms with E-state index in [4.69, 9.17) is 11.6 Å². The molecule has 1 amide bonds. The summed E-state index contributed by atoms with van der Waals surface area (Å²) in [6, 6.07) is 3.96. The first-order valence-electron chi connectivity index (χ1n) is 8.69. The van der Waals surface area contributed by atoms with E-state index in [-0.39, 0.29) is 5.91 Å². The zero-order valence-electron chi connectivity index (χ0n) is 14.7. The van der Waals surface area contributed by atoms with E-state index in [2.05, 4.69) is 21.4 Å². The Balaban J connectivity index is 1.73. The van der Waals surface area contributed by atoms with E-state index in [1.54, 1.807) is 6.20 Å². The van der Waals surface area contributed by atoms with Gasteiger partial charge in [0.1, 0.15) is 11.5 Å². The molecule has 1 aromatic carbocycles. The number of benzene rings is 1. The minimum atomic E-state index is -0.0366. The number of rotatable bonds is 3. The molecule has 1 fully saturated rings. The molecule has 0 atom stereocenters. The van der Waals surface area contributed by atoms with Crippen molar-refractivity contribution in [2.45, 2.75) is 39.5 Å². The van der Waals surface area contributed by atoms with E-state index in [0.29, 0.717) is 16.5 Å². The highest BCUT2D eigenvalue weighted by molar-refractivity contribution is 6.33. The summed E-state index contributed by atoms with van der Waals surface area (Å²) < 4.78 is 0. The third kappa shape index (κ3) is 4.28. The first-order chi connectivity index (χ1) is 12.0. The number of aryl methyl sites for hydroxylation is 2. The number of carbonyl (C=O) groups excluding carboxylic acids is 1. The number of hydrogen-bond acceptors (Lipinski definition) is 4. The van der Waals surface area contributed by atoms with Gasteiger partial charge in [-0.05, 0) is 43.9 Å². The fourth-order valence-electron chi connectivity index (χ4n) is 3.14. The maximum atomic E-state index is 12.5. The standard InChI is InChI=1S/C19H23ClN4O/c1-13-9-14(2)18(15(20)10-13)23-17-12-21-16(11-22-17)19(25)24-7-5-3-4-6-8-24/h9-12H,3-8H2,1-2H3,(H,22,23). The largest absolute Gasteiger partial charge is 0.338 e. The molecule has 0 saturated carbocycles. The molecule has 1 saturated heterocycles. The van der Waals surface area contributed by atoms with Crippen LogP contribution in [0.3, 0.4) is 0 Å². The van der Waals surface area contributed by atoms with E-state index in [1.807, 2.05) is 24.8 Å². The number of likely N-dealkylation sites (tertiary alicyclic amines) is 1. The molecule has 0 unspecified atom stereocenters. The molecule has 0 spiro atoms. The van der Waals surface area contributed by atoms with Crippen molar-refractivity contribution in [2.24, 2.45) is 0 Å². The Morgan fingerprint density at radius 1 is 1.08 bits per heavy atom. The summed E-state index contributed by atoms with van der Waals surface area (Å²) in [5, 5.41) is 3.84. The smallest absolute Gasteiger partial charge is 0.274 e. The van der Waals surface area contributed by atoms with Crippen molar-refractivity contribution in [1.29, 1.82) is 0 Å². The Morgan fingerprint density at radius 3 is 2.40 bits per heavy atom. The van der Waals surface area contributed by atoms with Gasteiger partial charge in [-0.1, -0.05) is 30.5 Å². The predicted molar refractivity (Wildman–Crippen MR) is 101 cm³/mol. The molecular formula is C19H23ClN4O. The summed E-state index contributed by atoms with van der Waals surface area (Å²) in [7, 11) is 0. The Labute approximate surface area is 153 Å². The van der Waals surface area contributed by atoms with Crippen LogP contribution in [0, 0.1) is 13.8 Å². The summed E-state index contributed by atoms with van der Waals surface area (Å²) in [4.78, 5) is 23.1. The van der Waals surface area contributed by atoms with Crippen molar-refractivity contribution in [2.75, 3.05) is 18.4 Å². The van der Waals surface area contributed by atoms with Crippen LogP contribution in [0.2, 0.25) is 5.02 Å². The lowest BCUT2D eigenvalue weighted by molar-refractivity contribution is 0.0755. The van der Waals surface area contributed by atoms with Crippen molar-refractivity contribution in [3.05, 3.63) is 46.4 Å². The van der Waals surface area contributed by atoms with Crippen LogP contribution in [0.5, 0.6) is 0 Å². The van der Waals surface area contributed by atoms with Crippen molar-refractivity contribution in [3.8, 4) is 0 Å². The molecular weight excluding hydrogens is 336 g/mol. The SMILES string of the molecule is Cc1cc(C)c(Nc2cnc(C(=O)N3CCCCCC3)cn2)c(Cl)c1. The number of anilines is 2. The van der Waals surface area contributed by atoms with Crippen LogP contribution >= 0.6 is 11.6 Å². The molecule has 0 radical (unpaired) electrons. The van der Waals surface area contributed by atoms with Gasteiger partial charge < -0.3 is 10.2 Å². The normalized spacial score (nSPS) is 14.9. The van der Waals surface area contributed by atoms with Gasteiger partial charge >= 0.3 is 0 Å². The fraction of sp³-hybridized carbons (Fsp3) is 0.421. The van der Waals surface area contributed by atoms with E-state index >= 15 is 0 Å². The zero-order chi connectivity index (χ0) is 17.8. The second-order valence-electron chi connectivity index (χ2n) is 6.56. The van der Waals surface area contributed by atoms with Crippen LogP contribution in [-0.4, -0.2) is 33.9 Å². The first-order valence-corrected chi connectivity index (χ1v) is 9.07. The molecule has 6 heteroatoms. The van der Waals surface area contributed by atoms with Crippen LogP contribution < -0.4 is 5.32 Å². The topological polar surface area (TPSA) is 58.1 Å². The lowest BCUT2D eigenvalue weighted by Gasteiger charge is -2.19. The van der Waals surface area contributed by atoms with Crippen molar-refractivity contribution < 1.29 is 4.79 Å². The van der Waals surface area contributed by atoms with Crippen LogP contribution in [0.25, 0.3) is 0 Å². The summed E-state index contributed by atoms with van der Waals surface area (Å²) in [5.74, 6) is 0.534. The molecule has 0 aliphatic carbocycles. The highest BCUT2D eigenvalue weighted by atomic mass is 35.5. The van der Waals surface area contributed by atoms with Gasteiger partial charge in [-0.15, -0.1) is 0 Å². The van der Waals surface area contributed by atoms with Gasteiger partial charge in [0, 0.05) is 13.1 Å². The van der Waals surface area contributed by atoms with E-state index in [0.717, 1.165) is 42.7 Å². The molecule has 1 N–H and O–H groups in total. The predicted octanol–water partition coefficient (Wildman–Crippen LogP) is 4.51. The van der Waals surface area contributed by atoms with Gasteiger partial charge in [0.05, 0.1) is 23.1 Å². The van der Waals surface area contributed by atoms with Gasteiger partial charge in [-0.3, -0.25) is 4.79 Å². The maximum Gasteiger partial charge on any atom is 0.274 e. The number of amides is 1. The molecule has 2 aromatic rings. The van der Waals surface area contributed by atoms with Crippen LogP contribution in [0.15, 0.2) is 24.5 Å². The summed E-state index contributed by atoms with van der Waals surface area (Å²) in [6.07, 6.45) is 7.62. The van der Waals surface area contributed by atoms with Crippen LogP contribution in [0.4, 0.5) is 11.5 Å². The average Bonchev–Trinajstić information content (AvgIpc) is 2.87. The van der Waals surface area contributed by atoms with E-state index < -0.39 is 0 Å². The highest BCUT2D eigenvalue weighted by Crippen LogP contribution is 2.29. The summed E-state index contributed by atoms with van der Waals surface area (Å²) in [5.41, 5.74) is 3.35. The second-order valence-corrected chi connectivity index (χ2v) is 6.96. The molecule has 1 aliphatic rings. The number of nitrogens with zero attached hydrogens (tertiary/aromatic N) is 3. The quantitative estimate of drug-likeness (QED) is 0.877. The summed E-state index contributed by atoms with van der Waals surface area (Å²) >= 11 is 6.31. The number of carbonyl (C=O) groups is 1. The molecule has 25 heavy (non-hydrogen) atoms. The molecule has 1 aromatic heterocycles. The molecule has 3 rings (SSSR count). The van der Waals surface area contributed by atoms with Gasteiger partial charge in [0.2, 0.25) is 0 Å². The minimum Gasteiger partial charge on any atom is -0.338 e. The molecule has 2 heterocycles. The molecule has 132 valence electrons. The zero-order valence-corrected chi connectivity index (χ0v) is 15.4. The maximum absolute atomic E-state index is 12.5. The number of nitrogens with one attached hydrogen (secondary N) is 1. The average molecular weight is 359 g/mol. The first kappa shape index (κ1) is 17.7. The van der Waals surface area contributed by atoms with Gasteiger partial charge in [-0.2, -0.15) is 0 Å². The Kier molecular flexibility index (Phi) is 5.53. The Bertz CT molecular complexity index is 730. The lowest BCUT2D eigenvalue weighted by atomic mass is 10.1. The second kappa shape index (κ2) is 7.83. The van der Waals surface area contributed by atoms with E-state index in [9.17, 15) is 4.79 Å². The van der Waals surface area contributed by atoms with Crippen molar-refractivity contribution in [3.63, 3.8) is 0 Å². The van der Waals surface area contributed by atoms with Crippen LogP contribution in [-0.2, 0) is 0 Å². The third-order valence-corrected chi connectivity index (χ3v) is 4.75. The molecule has 0 bridgehead atoms. The van der Waals surface area contributed by atoms with Crippen LogP contribution in [0.1, 0.15) is 47.3 Å². The Hall–Kier alpha value is -2.14. The van der Waals surface area contributed by atoms with Gasteiger partial charge in [0.25, 0.3) is 5.91 Å². The molecule has 1 aliphatic heterocycles. The van der Waals surface area contributed by atoms with Gasteiger partial charge in [-0.25, -0.2) is 9.97 Å². The van der Waals surface area contributed by atoms with Crippen molar-refractivity contribution >= 4 is 29.0 Å². The minimum absolute atomic E-state index is 0.0366. The number of halogens is 1. The molecule has 5 nitrogen and oxygen atoms in total. The highest BCUT2D eigenvalue weighted by Gasteiger charge is 2.18. The third-order valence-electron chi connectivity index (χ3n) is 4.45. The number of aromatic nitrogens is 2. The monoisotopic (exact) mass is 358 g/mol. The Morgan fingerprint density at radius 2 is 1.80 bits per heavy atom. The van der Waals surface area contributed by atoms with Gasteiger partial charge in [0.15, 0.2) is 0 Å². The lowest BCUT2D eigenvalue weighted by Crippen LogP contribution is -2.32.